The van der Waals surface area contributed by atoms with Crippen LogP contribution in [0.15, 0.2) is 30.3 Å². The van der Waals surface area contributed by atoms with Gasteiger partial charge in [-0.05, 0) is 62.8 Å². The molecule has 1 heterocycles. The highest BCUT2D eigenvalue weighted by Crippen LogP contribution is 2.39. The Morgan fingerprint density at radius 2 is 1.84 bits per heavy atom. The highest BCUT2D eigenvalue weighted by atomic mass is 32.2. The van der Waals surface area contributed by atoms with Crippen LogP contribution in [0.3, 0.4) is 0 Å². The third-order valence-corrected chi connectivity index (χ3v) is 7.71. The summed E-state index contributed by atoms with van der Waals surface area (Å²) in [5, 5.41) is 10.4. The maximum atomic E-state index is 12.9. The molecule has 0 spiro atoms. The normalized spacial score (nSPS) is 30.7. The first-order chi connectivity index (χ1) is 14.8. The van der Waals surface area contributed by atoms with Crippen molar-refractivity contribution in [3.05, 3.63) is 35.9 Å². The van der Waals surface area contributed by atoms with E-state index in [1.165, 1.54) is 5.56 Å². The Kier molecular flexibility index (Phi) is 6.72. The Labute approximate surface area is 185 Å². The van der Waals surface area contributed by atoms with Gasteiger partial charge in [-0.1, -0.05) is 30.3 Å². The zero-order chi connectivity index (χ0) is 22.1. The van der Waals surface area contributed by atoms with Gasteiger partial charge in [0.05, 0.1) is 25.0 Å². The fraction of sp³-hybridized carbons (Fsp3) is 0.696. The van der Waals surface area contributed by atoms with Crippen molar-refractivity contribution < 1.29 is 23.1 Å². The topological polar surface area (TPSA) is 95.9 Å². The van der Waals surface area contributed by atoms with Crippen LogP contribution in [-0.2, 0) is 19.6 Å². The second-order valence-corrected chi connectivity index (χ2v) is 11.2. The molecule has 1 saturated heterocycles. The lowest BCUT2D eigenvalue weighted by Crippen LogP contribution is -2.61. The Bertz CT molecular complexity index is 863. The monoisotopic (exact) mass is 450 g/mol. The van der Waals surface area contributed by atoms with Gasteiger partial charge in [-0.25, -0.2) is 13.1 Å². The van der Waals surface area contributed by atoms with E-state index in [2.05, 4.69) is 29.0 Å². The van der Waals surface area contributed by atoms with Gasteiger partial charge in [-0.3, -0.25) is 4.79 Å². The van der Waals surface area contributed by atoms with E-state index in [9.17, 15) is 18.3 Å². The van der Waals surface area contributed by atoms with Crippen LogP contribution in [0.2, 0.25) is 0 Å². The molecular weight excluding hydrogens is 416 g/mol. The van der Waals surface area contributed by atoms with Crippen molar-refractivity contribution in [3.8, 4) is 0 Å². The van der Waals surface area contributed by atoms with Gasteiger partial charge in [-0.15, -0.1) is 0 Å². The molecule has 2 aliphatic carbocycles. The van der Waals surface area contributed by atoms with E-state index in [1.54, 1.807) is 4.90 Å². The third kappa shape index (κ3) is 5.66. The highest BCUT2D eigenvalue weighted by Gasteiger charge is 2.52. The quantitative estimate of drug-likeness (QED) is 0.664. The predicted molar refractivity (Wildman–Crippen MR) is 118 cm³/mol. The predicted octanol–water partition coefficient (Wildman–Crippen LogP) is 2.16. The average molecular weight is 451 g/mol. The summed E-state index contributed by atoms with van der Waals surface area (Å²) < 4.78 is 32.8. The average Bonchev–Trinajstić information content (AvgIpc) is 3.51. The number of benzene rings is 1. The smallest absolute Gasteiger partial charge is 0.254 e. The molecular formula is C23H34N2O5S. The fourth-order valence-electron chi connectivity index (χ4n) is 5.05. The standard InChI is InChI=1S/C23H34N2O5S/c1-31(28,29)24-20-8-5-15-25(22(26)23(27)13-14-23)21(20)16-30-19-11-9-18(10-12-19)17-6-3-2-4-7-17/h2-4,6-7,18-21,24,27H,5,8-16H2,1H3/t18-,19+,20-,21-/m0/s1. The number of sulfonamides is 1. The van der Waals surface area contributed by atoms with Crippen molar-refractivity contribution in [1.82, 2.24) is 9.62 Å². The summed E-state index contributed by atoms with van der Waals surface area (Å²) in [7, 11) is -3.41. The van der Waals surface area contributed by atoms with E-state index in [0.29, 0.717) is 38.1 Å². The Morgan fingerprint density at radius 3 is 2.45 bits per heavy atom. The number of aliphatic hydroxyl groups is 1. The summed E-state index contributed by atoms with van der Waals surface area (Å²) in [6.45, 7) is 0.813. The molecule has 0 radical (unpaired) electrons. The number of rotatable bonds is 7. The Balaban J connectivity index is 1.38. The van der Waals surface area contributed by atoms with Crippen molar-refractivity contribution >= 4 is 15.9 Å². The molecule has 1 aromatic rings. The maximum absolute atomic E-state index is 12.9. The number of likely N-dealkylation sites (tertiary alicyclic amines) is 1. The number of amides is 1. The molecule has 31 heavy (non-hydrogen) atoms. The number of nitrogens with zero attached hydrogens (tertiary/aromatic N) is 1. The van der Waals surface area contributed by atoms with E-state index < -0.39 is 27.7 Å². The molecule has 3 aliphatic rings. The molecule has 4 rings (SSSR count). The molecule has 0 bridgehead atoms. The zero-order valence-electron chi connectivity index (χ0n) is 18.2. The van der Waals surface area contributed by atoms with Gasteiger partial charge >= 0.3 is 0 Å². The Morgan fingerprint density at radius 1 is 1.16 bits per heavy atom. The molecule has 2 N–H and O–H groups in total. The molecule has 7 nitrogen and oxygen atoms in total. The molecule has 172 valence electrons. The van der Waals surface area contributed by atoms with Crippen LogP contribution in [-0.4, -0.2) is 67.5 Å². The minimum atomic E-state index is -3.41. The number of ether oxygens (including phenoxy) is 1. The zero-order valence-corrected chi connectivity index (χ0v) is 19.0. The molecule has 2 saturated carbocycles. The van der Waals surface area contributed by atoms with Gasteiger partial charge in [-0.2, -0.15) is 0 Å². The van der Waals surface area contributed by atoms with Crippen molar-refractivity contribution in [1.29, 1.82) is 0 Å². The molecule has 1 aromatic carbocycles. The maximum Gasteiger partial charge on any atom is 0.254 e. The van der Waals surface area contributed by atoms with Crippen LogP contribution in [0, 0.1) is 0 Å². The van der Waals surface area contributed by atoms with Crippen LogP contribution in [0.25, 0.3) is 0 Å². The molecule has 2 atom stereocenters. The summed E-state index contributed by atoms with van der Waals surface area (Å²) >= 11 is 0. The molecule has 1 amide bonds. The van der Waals surface area contributed by atoms with Crippen LogP contribution in [0.4, 0.5) is 0 Å². The first-order valence-electron chi connectivity index (χ1n) is 11.4. The number of nitrogens with one attached hydrogen (secondary N) is 1. The van der Waals surface area contributed by atoms with E-state index >= 15 is 0 Å². The van der Waals surface area contributed by atoms with Crippen LogP contribution in [0.5, 0.6) is 0 Å². The lowest BCUT2D eigenvalue weighted by atomic mass is 9.83. The van der Waals surface area contributed by atoms with E-state index in [0.717, 1.165) is 31.9 Å². The van der Waals surface area contributed by atoms with Gasteiger partial charge in [0.2, 0.25) is 10.0 Å². The fourth-order valence-corrected chi connectivity index (χ4v) is 5.87. The van der Waals surface area contributed by atoms with E-state index in [4.69, 9.17) is 4.74 Å². The van der Waals surface area contributed by atoms with E-state index in [1.807, 2.05) is 6.07 Å². The van der Waals surface area contributed by atoms with Crippen LogP contribution < -0.4 is 4.72 Å². The lowest BCUT2D eigenvalue weighted by Gasteiger charge is -2.43. The van der Waals surface area contributed by atoms with Gasteiger partial charge in [0.15, 0.2) is 0 Å². The molecule has 3 fully saturated rings. The number of hydrogen-bond acceptors (Lipinski definition) is 5. The molecule has 0 unspecified atom stereocenters. The number of hydrogen-bond donors (Lipinski definition) is 2. The van der Waals surface area contributed by atoms with E-state index in [-0.39, 0.29) is 18.6 Å². The first-order valence-corrected chi connectivity index (χ1v) is 13.3. The summed E-state index contributed by atoms with van der Waals surface area (Å²) in [6, 6.07) is 9.77. The minimum absolute atomic E-state index is 0.113. The third-order valence-electron chi connectivity index (χ3n) is 6.97. The van der Waals surface area contributed by atoms with Crippen molar-refractivity contribution in [2.45, 2.75) is 81.1 Å². The van der Waals surface area contributed by atoms with Crippen molar-refractivity contribution in [3.63, 3.8) is 0 Å². The number of piperidine rings is 1. The van der Waals surface area contributed by atoms with Gasteiger partial charge in [0.1, 0.15) is 5.60 Å². The van der Waals surface area contributed by atoms with Gasteiger partial charge in [0, 0.05) is 12.6 Å². The SMILES string of the molecule is CS(=O)(=O)N[C@H]1CCCN(C(=O)C2(O)CC2)[C@H]1CO[C@H]1CC[C@@H](c2ccccc2)CC1. The van der Waals surface area contributed by atoms with Crippen molar-refractivity contribution in [2.75, 3.05) is 19.4 Å². The molecule has 1 aliphatic heterocycles. The summed E-state index contributed by atoms with van der Waals surface area (Å²) in [5.74, 6) is 0.270. The largest absolute Gasteiger partial charge is 0.380 e. The molecule has 8 heteroatoms. The first kappa shape index (κ1) is 22.7. The summed E-state index contributed by atoms with van der Waals surface area (Å²) in [4.78, 5) is 14.6. The second kappa shape index (κ2) is 9.17. The van der Waals surface area contributed by atoms with Crippen molar-refractivity contribution in [2.24, 2.45) is 0 Å². The second-order valence-electron chi connectivity index (χ2n) is 9.45. The number of carbonyl (C=O) groups excluding carboxylic acids is 1. The van der Waals surface area contributed by atoms with Crippen LogP contribution >= 0.6 is 0 Å². The highest BCUT2D eigenvalue weighted by molar-refractivity contribution is 7.88. The van der Waals surface area contributed by atoms with Gasteiger partial charge < -0.3 is 14.7 Å². The Hall–Kier alpha value is -1.48. The summed E-state index contributed by atoms with van der Waals surface area (Å²) in [5.41, 5.74) is 0.110. The minimum Gasteiger partial charge on any atom is -0.380 e. The lowest BCUT2D eigenvalue weighted by molar-refractivity contribution is -0.149. The number of carbonyl (C=O) groups is 1. The summed E-state index contributed by atoms with van der Waals surface area (Å²) in [6.07, 6.45) is 7.60. The molecule has 0 aromatic heterocycles. The van der Waals surface area contributed by atoms with Gasteiger partial charge in [0.25, 0.3) is 5.91 Å². The van der Waals surface area contributed by atoms with Crippen LogP contribution in [0.1, 0.15) is 62.8 Å².